The fourth-order valence-corrected chi connectivity index (χ4v) is 4.28. The number of benzene rings is 1. The topological polar surface area (TPSA) is 68.5 Å². The van der Waals surface area contributed by atoms with Gasteiger partial charge in [-0.3, -0.25) is 14.5 Å². The molecule has 3 aromatic heterocycles. The Hall–Kier alpha value is -2.82. The van der Waals surface area contributed by atoms with Gasteiger partial charge in [0, 0.05) is 28.6 Å². The Morgan fingerprint density at radius 2 is 2.10 bits per heavy atom. The molecule has 6 nitrogen and oxygen atoms in total. The van der Waals surface area contributed by atoms with E-state index in [1.807, 2.05) is 11.6 Å². The first-order chi connectivity index (χ1) is 14.0. The number of para-hydroxylation sites is 1. The monoisotopic (exact) mass is 452 g/mol. The third-order valence-electron chi connectivity index (χ3n) is 3.76. The van der Waals surface area contributed by atoms with Crippen LogP contribution in [0.5, 0.6) is 5.75 Å². The maximum Gasteiger partial charge on any atom is 0.387 e. The fourth-order valence-electron chi connectivity index (χ4n) is 2.56. The van der Waals surface area contributed by atoms with Crippen LogP contribution in [0.4, 0.5) is 13.9 Å². The minimum Gasteiger partial charge on any atom is -0.434 e. The van der Waals surface area contributed by atoms with Crippen molar-refractivity contribution in [1.82, 2.24) is 14.4 Å². The van der Waals surface area contributed by atoms with Crippen LogP contribution in [0.2, 0.25) is 5.15 Å². The number of nitrogens with zero attached hydrogens (tertiary/aromatic N) is 3. The highest BCUT2D eigenvalue weighted by atomic mass is 35.5. The van der Waals surface area contributed by atoms with Crippen molar-refractivity contribution < 1.29 is 18.3 Å². The number of carbonyl (C=O) groups is 1. The Labute approximate surface area is 176 Å². The summed E-state index contributed by atoms with van der Waals surface area (Å²) < 4.78 is 31.5. The Morgan fingerprint density at radius 1 is 1.28 bits per heavy atom. The van der Waals surface area contributed by atoms with E-state index in [1.54, 1.807) is 34.1 Å². The zero-order chi connectivity index (χ0) is 20.4. The summed E-state index contributed by atoms with van der Waals surface area (Å²) in [6.07, 6.45) is 4.69. The molecular weight excluding hydrogens is 442 g/mol. The molecular formula is C18H11ClF2N4O2S2. The molecule has 0 bridgehead atoms. The number of hydrogen-bond donors (Lipinski definition) is 1. The van der Waals surface area contributed by atoms with Crippen LogP contribution in [0.1, 0.15) is 5.69 Å². The Bertz CT molecular complexity index is 1200. The first-order valence-electron chi connectivity index (χ1n) is 8.11. The van der Waals surface area contributed by atoms with Gasteiger partial charge in [0.15, 0.2) is 15.2 Å². The summed E-state index contributed by atoms with van der Waals surface area (Å²) in [6, 6.07) is 6.33. The van der Waals surface area contributed by atoms with E-state index in [9.17, 15) is 13.6 Å². The second-order valence-corrected chi connectivity index (χ2v) is 7.67. The number of carbonyl (C=O) groups excluding carboxylic acids is 1. The number of alkyl halides is 2. The van der Waals surface area contributed by atoms with Crippen molar-refractivity contribution in [3.63, 3.8) is 0 Å². The van der Waals surface area contributed by atoms with E-state index in [0.717, 1.165) is 4.96 Å². The van der Waals surface area contributed by atoms with E-state index >= 15 is 0 Å². The summed E-state index contributed by atoms with van der Waals surface area (Å²) >= 11 is 8.69. The van der Waals surface area contributed by atoms with Gasteiger partial charge in [0.05, 0.1) is 11.4 Å². The van der Waals surface area contributed by atoms with Crippen LogP contribution in [-0.2, 0) is 4.79 Å². The number of fused-ring (bicyclic) bond motifs is 1. The number of anilines is 1. The molecule has 11 heteroatoms. The number of rotatable bonds is 6. The lowest BCUT2D eigenvalue weighted by Crippen LogP contribution is -2.07. The van der Waals surface area contributed by atoms with Crippen molar-refractivity contribution in [1.29, 1.82) is 0 Å². The normalized spacial score (nSPS) is 11.6. The molecule has 4 aromatic rings. The van der Waals surface area contributed by atoms with Gasteiger partial charge in [0.2, 0.25) is 5.91 Å². The lowest BCUT2D eigenvalue weighted by atomic mass is 10.1. The van der Waals surface area contributed by atoms with Crippen LogP contribution in [0.15, 0.2) is 47.3 Å². The van der Waals surface area contributed by atoms with Gasteiger partial charge >= 0.3 is 6.61 Å². The number of aromatic nitrogens is 3. The number of ether oxygens (including phenoxy) is 1. The molecule has 0 aliphatic rings. The summed E-state index contributed by atoms with van der Waals surface area (Å²) in [5.41, 5.74) is 1.42. The summed E-state index contributed by atoms with van der Waals surface area (Å²) in [7, 11) is 0. The smallest absolute Gasteiger partial charge is 0.387 e. The number of imidazole rings is 1. The van der Waals surface area contributed by atoms with E-state index in [-0.39, 0.29) is 5.75 Å². The molecule has 0 saturated heterocycles. The second-order valence-electron chi connectivity index (χ2n) is 5.58. The van der Waals surface area contributed by atoms with Crippen LogP contribution in [-0.4, -0.2) is 26.9 Å². The van der Waals surface area contributed by atoms with E-state index in [4.69, 9.17) is 11.6 Å². The number of halogens is 3. The molecule has 0 unspecified atom stereocenters. The molecule has 0 aliphatic heterocycles. The van der Waals surface area contributed by atoms with Crippen LogP contribution < -0.4 is 10.1 Å². The Kier molecular flexibility index (Phi) is 5.56. The average molecular weight is 453 g/mol. The molecule has 1 aromatic carbocycles. The molecule has 0 spiro atoms. The number of hydrogen-bond acceptors (Lipinski definition) is 6. The molecule has 148 valence electrons. The predicted octanol–water partition coefficient (Wildman–Crippen LogP) is 5.43. The van der Waals surface area contributed by atoms with E-state index in [1.165, 1.54) is 34.8 Å². The van der Waals surface area contributed by atoms with Crippen LogP contribution in [0, 0.1) is 0 Å². The minimum absolute atomic E-state index is 0.0146. The maximum atomic E-state index is 12.6. The Morgan fingerprint density at radius 3 is 2.93 bits per heavy atom. The van der Waals surface area contributed by atoms with Crippen LogP contribution in [0.3, 0.4) is 0 Å². The third kappa shape index (κ3) is 4.29. The largest absolute Gasteiger partial charge is 0.434 e. The third-order valence-corrected chi connectivity index (χ3v) is 5.55. The molecule has 0 radical (unpaired) electrons. The van der Waals surface area contributed by atoms with Gasteiger partial charge in [-0.25, -0.2) is 9.97 Å². The van der Waals surface area contributed by atoms with Crippen molar-refractivity contribution in [2.24, 2.45) is 0 Å². The van der Waals surface area contributed by atoms with Crippen LogP contribution in [0.25, 0.3) is 22.3 Å². The van der Waals surface area contributed by atoms with Gasteiger partial charge in [-0.2, -0.15) is 8.78 Å². The number of nitrogens with one attached hydrogen (secondary N) is 1. The summed E-state index contributed by atoms with van der Waals surface area (Å²) in [5, 5.41) is 6.77. The highest BCUT2D eigenvalue weighted by Crippen LogP contribution is 2.33. The zero-order valence-corrected chi connectivity index (χ0v) is 16.8. The van der Waals surface area contributed by atoms with E-state index in [2.05, 4.69) is 20.0 Å². The van der Waals surface area contributed by atoms with Gasteiger partial charge in [-0.05, 0) is 18.2 Å². The van der Waals surface area contributed by atoms with Gasteiger partial charge in [0.1, 0.15) is 5.75 Å². The number of amides is 1. The van der Waals surface area contributed by atoms with Crippen molar-refractivity contribution in [3.8, 4) is 17.0 Å². The van der Waals surface area contributed by atoms with Gasteiger partial charge in [-0.1, -0.05) is 23.7 Å². The summed E-state index contributed by atoms with van der Waals surface area (Å²) in [5.74, 6) is -0.398. The maximum absolute atomic E-state index is 12.6. The van der Waals surface area contributed by atoms with Crippen LogP contribution >= 0.6 is 34.3 Å². The predicted molar refractivity (Wildman–Crippen MR) is 110 cm³/mol. The second kappa shape index (κ2) is 8.27. The first-order valence-corrected chi connectivity index (χ1v) is 10.2. The standard InChI is InChI=1S/C18H11ClF2N4O2S2/c19-15-12(25-7-8-28-18(25)24-15)5-6-14(26)23-17-22-11(9-29-17)10-3-1-2-4-13(10)27-16(20)21/h1-9,16H,(H,22,23,26)/b6-5+. The molecule has 4 rings (SSSR count). The van der Waals surface area contributed by atoms with E-state index < -0.39 is 12.5 Å². The SMILES string of the molecule is O=C(/C=C/c1c(Cl)nc2sccn12)Nc1nc(-c2ccccc2OC(F)F)cs1. The quantitative estimate of drug-likeness (QED) is 0.396. The van der Waals surface area contributed by atoms with Crippen molar-refractivity contribution in [2.45, 2.75) is 6.61 Å². The van der Waals surface area contributed by atoms with Gasteiger partial charge in [0.25, 0.3) is 0 Å². The molecule has 1 amide bonds. The average Bonchev–Trinajstić information content (AvgIpc) is 3.37. The summed E-state index contributed by atoms with van der Waals surface area (Å²) in [6.45, 7) is -2.94. The highest BCUT2D eigenvalue weighted by molar-refractivity contribution is 7.15. The van der Waals surface area contributed by atoms with Gasteiger partial charge in [-0.15, -0.1) is 22.7 Å². The molecule has 0 fully saturated rings. The molecule has 29 heavy (non-hydrogen) atoms. The molecule has 0 saturated carbocycles. The zero-order valence-electron chi connectivity index (χ0n) is 14.4. The fraction of sp³-hybridized carbons (Fsp3) is 0.0556. The lowest BCUT2D eigenvalue weighted by molar-refractivity contribution is -0.111. The van der Waals surface area contributed by atoms with Gasteiger partial charge < -0.3 is 4.74 Å². The lowest BCUT2D eigenvalue weighted by Gasteiger charge is -2.08. The minimum atomic E-state index is -2.94. The Balaban J connectivity index is 1.49. The first kappa shape index (κ1) is 19.5. The van der Waals surface area contributed by atoms with Crippen molar-refractivity contribution >= 4 is 56.4 Å². The molecule has 3 heterocycles. The molecule has 1 N–H and O–H groups in total. The van der Waals surface area contributed by atoms with E-state index in [0.29, 0.717) is 27.2 Å². The highest BCUT2D eigenvalue weighted by Gasteiger charge is 2.14. The van der Waals surface area contributed by atoms with Crippen molar-refractivity contribution in [3.05, 3.63) is 58.1 Å². The van der Waals surface area contributed by atoms with Crippen molar-refractivity contribution in [2.75, 3.05) is 5.32 Å². The molecule has 0 atom stereocenters. The number of thiazole rings is 2. The summed E-state index contributed by atoms with van der Waals surface area (Å²) in [4.78, 5) is 21.4. The molecule has 0 aliphatic carbocycles.